The molecule has 3 aromatic carbocycles. The summed E-state index contributed by atoms with van der Waals surface area (Å²) < 4.78 is 13.6. The molecule has 2 aliphatic rings. The number of halogens is 1. The van der Waals surface area contributed by atoms with Gasteiger partial charge in [-0.1, -0.05) is 36.4 Å². The predicted molar refractivity (Wildman–Crippen MR) is 131 cm³/mol. The Morgan fingerprint density at radius 3 is 2.39 bits per heavy atom. The van der Waals surface area contributed by atoms with Gasteiger partial charge in [-0.2, -0.15) is 0 Å². The van der Waals surface area contributed by atoms with E-state index in [0.29, 0.717) is 13.2 Å². The first kappa shape index (κ1) is 22.3. The number of aliphatic hydroxyl groups is 1. The van der Waals surface area contributed by atoms with Crippen LogP contribution in [0.2, 0.25) is 0 Å². The standard InChI is InChI=1S/C27H33FN4O/c1-20-4-2-5-21-6-3-7-22(26(20)21)16-30-14-12-27(13-15-30)18-31(17-25(29)33)19-32(27)24-10-8-23(28)9-11-24/h2-11,25,33H,12-19,29H2,1H3/t25-/m0/s1. The highest BCUT2D eigenvalue weighted by atomic mass is 19.1. The van der Waals surface area contributed by atoms with E-state index in [2.05, 4.69) is 58.0 Å². The highest BCUT2D eigenvalue weighted by Gasteiger charge is 2.46. The van der Waals surface area contributed by atoms with Crippen LogP contribution in [0.5, 0.6) is 0 Å². The first-order valence-corrected chi connectivity index (χ1v) is 11.8. The summed E-state index contributed by atoms with van der Waals surface area (Å²) in [6.45, 7) is 7.13. The zero-order valence-corrected chi connectivity index (χ0v) is 19.3. The molecule has 0 aromatic heterocycles. The maximum absolute atomic E-state index is 13.6. The molecule has 1 spiro atoms. The molecular formula is C27H33FN4O. The SMILES string of the molecule is Cc1cccc2cccc(CN3CCC4(CC3)CN(C[C@@H](N)O)CN4c3ccc(F)cc3)c12. The van der Waals surface area contributed by atoms with Crippen LogP contribution in [-0.2, 0) is 6.54 Å². The van der Waals surface area contributed by atoms with Crippen LogP contribution in [0.25, 0.3) is 10.8 Å². The predicted octanol–water partition coefficient (Wildman–Crippen LogP) is 3.68. The normalized spacial score (nSPS) is 20.1. The fourth-order valence-electron chi connectivity index (χ4n) is 5.81. The number of benzene rings is 3. The quantitative estimate of drug-likeness (QED) is 0.584. The summed E-state index contributed by atoms with van der Waals surface area (Å²) in [5.41, 5.74) is 9.41. The van der Waals surface area contributed by atoms with E-state index in [1.54, 1.807) is 0 Å². The van der Waals surface area contributed by atoms with Crippen molar-refractivity contribution in [3.63, 3.8) is 0 Å². The van der Waals surface area contributed by atoms with Gasteiger partial charge in [0.15, 0.2) is 0 Å². The van der Waals surface area contributed by atoms with E-state index in [4.69, 9.17) is 5.73 Å². The van der Waals surface area contributed by atoms with Crippen molar-refractivity contribution in [2.75, 3.05) is 37.7 Å². The minimum atomic E-state index is -0.857. The highest BCUT2D eigenvalue weighted by Crippen LogP contribution is 2.39. The summed E-state index contributed by atoms with van der Waals surface area (Å²) in [6.07, 6.45) is 1.18. The lowest BCUT2D eigenvalue weighted by atomic mass is 9.86. The summed E-state index contributed by atoms with van der Waals surface area (Å²) in [4.78, 5) is 7.17. The molecule has 2 aliphatic heterocycles. The van der Waals surface area contributed by atoms with E-state index in [9.17, 15) is 9.50 Å². The van der Waals surface area contributed by atoms with Crippen molar-refractivity contribution in [1.29, 1.82) is 0 Å². The number of nitrogens with zero attached hydrogens (tertiary/aromatic N) is 3. The number of nitrogens with two attached hydrogens (primary N) is 1. The van der Waals surface area contributed by atoms with Crippen LogP contribution in [0.3, 0.4) is 0 Å². The van der Waals surface area contributed by atoms with Crippen molar-refractivity contribution in [2.45, 2.75) is 38.1 Å². The van der Waals surface area contributed by atoms with Crippen molar-refractivity contribution in [3.8, 4) is 0 Å². The molecule has 3 aromatic rings. The Morgan fingerprint density at radius 2 is 1.70 bits per heavy atom. The van der Waals surface area contributed by atoms with Gasteiger partial charge in [0.1, 0.15) is 12.0 Å². The van der Waals surface area contributed by atoms with Crippen LogP contribution < -0.4 is 10.6 Å². The maximum atomic E-state index is 13.6. The largest absolute Gasteiger partial charge is 0.377 e. The Balaban J connectivity index is 1.35. The second-order valence-electron chi connectivity index (χ2n) is 9.72. The third-order valence-electron chi connectivity index (χ3n) is 7.40. The second kappa shape index (κ2) is 9.03. The van der Waals surface area contributed by atoms with Crippen molar-refractivity contribution in [2.24, 2.45) is 5.73 Å². The zero-order valence-electron chi connectivity index (χ0n) is 19.3. The fraction of sp³-hybridized carbons (Fsp3) is 0.407. The lowest BCUT2D eigenvalue weighted by molar-refractivity contribution is 0.116. The van der Waals surface area contributed by atoms with Crippen LogP contribution in [0, 0.1) is 12.7 Å². The van der Waals surface area contributed by atoms with Crippen molar-refractivity contribution in [3.05, 3.63) is 77.6 Å². The minimum Gasteiger partial charge on any atom is -0.377 e. The van der Waals surface area contributed by atoms with E-state index in [1.807, 2.05) is 12.1 Å². The topological polar surface area (TPSA) is 56.0 Å². The summed E-state index contributed by atoms with van der Waals surface area (Å²) in [7, 11) is 0. The highest BCUT2D eigenvalue weighted by molar-refractivity contribution is 5.88. The van der Waals surface area contributed by atoms with Gasteiger partial charge in [-0.3, -0.25) is 9.80 Å². The molecule has 33 heavy (non-hydrogen) atoms. The monoisotopic (exact) mass is 448 g/mol. The van der Waals surface area contributed by atoms with Gasteiger partial charge in [-0.15, -0.1) is 0 Å². The zero-order chi connectivity index (χ0) is 23.0. The smallest absolute Gasteiger partial charge is 0.123 e. The summed E-state index contributed by atoms with van der Waals surface area (Å²) >= 11 is 0. The molecule has 3 N–H and O–H groups in total. The van der Waals surface area contributed by atoms with Gasteiger partial charge in [0, 0.05) is 38.4 Å². The summed E-state index contributed by atoms with van der Waals surface area (Å²) in [6, 6.07) is 19.9. The van der Waals surface area contributed by atoms with Crippen molar-refractivity contribution in [1.82, 2.24) is 9.80 Å². The van der Waals surface area contributed by atoms with Crippen LogP contribution in [0.1, 0.15) is 24.0 Å². The minimum absolute atomic E-state index is 0.0299. The molecule has 6 heteroatoms. The van der Waals surface area contributed by atoms with Crippen molar-refractivity contribution >= 4 is 16.5 Å². The number of hydrogen-bond donors (Lipinski definition) is 2. The molecule has 0 saturated carbocycles. The molecule has 0 amide bonds. The van der Waals surface area contributed by atoms with E-state index < -0.39 is 6.23 Å². The molecule has 5 rings (SSSR count). The van der Waals surface area contributed by atoms with Gasteiger partial charge in [0.25, 0.3) is 0 Å². The first-order valence-electron chi connectivity index (χ1n) is 11.8. The van der Waals surface area contributed by atoms with Gasteiger partial charge in [-0.25, -0.2) is 4.39 Å². The van der Waals surface area contributed by atoms with Gasteiger partial charge < -0.3 is 15.7 Å². The van der Waals surface area contributed by atoms with Gasteiger partial charge >= 0.3 is 0 Å². The molecule has 2 saturated heterocycles. The third-order valence-corrected chi connectivity index (χ3v) is 7.40. The molecule has 0 radical (unpaired) electrons. The molecule has 5 nitrogen and oxygen atoms in total. The Labute approximate surface area is 195 Å². The Kier molecular flexibility index (Phi) is 6.10. The second-order valence-corrected chi connectivity index (χ2v) is 9.72. The first-order chi connectivity index (χ1) is 15.9. The molecular weight excluding hydrogens is 415 g/mol. The number of rotatable bonds is 5. The van der Waals surface area contributed by atoms with Gasteiger partial charge in [-0.05, 0) is 65.9 Å². The van der Waals surface area contributed by atoms with E-state index >= 15 is 0 Å². The van der Waals surface area contributed by atoms with Gasteiger partial charge in [0.2, 0.25) is 0 Å². The average Bonchev–Trinajstić information content (AvgIpc) is 3.13. The molecule has 0 unspecified atom stereocenters. The lowest BCUT2D eigenvalue weighted by Gasteiger charge is -2.45. The number of β-amino-alcohol motifs (C(OH)–C–C–N with tert-alkyl or cyclic N) is 1. The van der Waals surface area contributed by atoms with E-state index in [1.165, 1.54) is 34.0 Å². The Hall–Kier alpha value is -2.51. The number of hydrogen-bond acceptors (Lipinski definition) is 5. The lowest BCUT2D eigenvalue weighted by Crippen LogP contribution is -2.54. The molecule has 2 fully saturated rings. The number of likely N-dealkylation sites (tertiary alicyclic amines) is 1. The fourth-order valence-corrected chi connectivity index (χ4v) is 5.81. The molecule has 174 valence electrons. The molecule has 1 atom stereocenters. The summed E-state index contributed by atoms with van der Waals surface area (Å²) in [5.74, 6) is -0.221. The maximum Gasteiger partial charge on any atom is 0.123 e. The van der Waals surface area contributed by atoms with E-state index in [0.717, 1.165) is 44.7 Å². The average molecular weight is 449 g/mol. The van der Waals surface area contributed by atoms with Crippen molar-refractivity contribution < 1.29 is 9.50 Å². The third kappa shape index (κ3) is 4.49. The number of piperidine rings is 1. The van der Waals surface area contributed by atoms with Crippen LogP contribution in [0.4, 0.5) is 10.1 Å². The molecule has 0 bridgehead atoms. The Bertz CT molecular complexity index is 1100. The van der Waals surface area contributed by atoms with Crippen LogP contribution in [0.15, 0.2) is 60.7 Å². The number of aliphatic hydroxyl groups excluding tert-OH is 1. The number of fused-ring (bicyclic) bond motifs is 1. The number of anilines is 1. The van der Waals surface area contributed by atoms with E-state index in [-0.39, 0.29) is 11.4 Å². The molecule has 2 heterocycles. The number of aryl methyl sites for hydroxylation is 1. The van der Waals surface area contributed by atoms with Crippen LogP contribution in [-0.4, -0.2) is 59.5 Å². The van der Waals surface area contributed by atoms with Crippen LogP contribution >= 0.6 is 0 Å². The summed E-state index contributed by atoms with van der Waals surface area (Å²) in [5, 5.41) is 12.4. The Morgan fingerprint density at radius 1 is 1.00 bits per heavy atom. The van der Waals surface area contributed by atoms with Gasteiger partial charge in [0.05, 0.1) is 12.2 Å². The molecule has 0 aliphatic carbocycles.